The Balaban J connectivity index is 1.58. The van der Waals surface area contributed by atoms with Crippen molar-refractivity contribution in [2.24, 2.45) is 5.92 Å². The lowest BCUT2D eigenvalue weighted by Crippen LogP contribution is -2.32. The van der Waals surface area contributed by atoms with Gasteiger partial charge in [0, 0.05) is 18.8 Å². The molecule has 27 heavy (non-hydrogen) atoms. The van der Waals surface area contributed by atoms with Crippen molar-refractivity contribution in [2.75, 3.05) is 29.9 Å². The molecule has 144 valence electrons. The monoisotopic (exact) mass is 386 g/mol. The van der Waals surface area contributed by atoms with E-state index in [2.05, 4.69) is 17.1 Å². The zero-order valence-electron chi connectivity index (χ0n) is 16.2. The van der Waals surface area contributed by atoms with Crippen molar-refractivity contribution >= 4 is 28.9 Å². The molecule has 0 unspecified atom stereocenters. The number of amides is 1. The molecule has 0 radical (unpaired) electrons. The molecule has 1 aliphatic rings. The molecule has 2 aromatic carbocycles. The van der Waals surface area contributed by atoms with Crippen LogP contribution < -0.4 is 15.0 Å². The van der Waals surface area contributed by atoms with Crippen molar-refractivity contribution in [1.29, 1.82) is 0 Å². The molecule has 0 saturated carbocycles. The smallest absolute Gasteiger partial charge is 0.262 e. The minimum atomic E-state index is -0.202. The van der Waals surface area contributed by atoms with Gasteiger partial charge in [-0.25, -0.2) is 0 Å². The molecule has 2 aromatic rings. The molecule has 0 atom stereocenters. The van der Waals surface area contributed by atoms with E-state index >= 15 is 0 Å². The number of carbonyl (C=O) groups excluding carboxylic acids is 1. The number of ether oxygens (including phenoxy) is 1. The van der Waals surface area contributed by atoms with Crippen LogP contribution in [0.15, 0.2) is 36.4 Å². The van der Waals surface area contributed by atoms with E-state index in [-0.39, 0.29) is 12.5 Å². The Labute approximate surface area is 166 Å². The van der Waals surface area contributed by atoms with E-state index < -0.39 is 0 Å². The first-order chi connectivity index (χ1) is 12.9. The third-order valence-electron chi connectivity index (χ3n) is 5.27. The maximum Gasteiger partial charge on any atom is 0.262 e. The highest BCUT2D eigenvalue weighted by Crippen LogP contribution is 2.31. The van der Waals surface area contributed by atoms with Gasteiger partial charge in [0.15, 0.2) is 6.61 Å². The van der Waals surface area contributed by atoms with Gasteiger partial charge in [0.05, 0.1) is 10.7 Å². The van der Waals surface area contributed by atoms with Crippen molar-refractivity contribution in [2.45, 2.75) is 33.6 Å². The molecular weight excluding hydrogens is 360 g/mol. The van der Waals surface area contributed by atoms with Crippen LogP contribution in [0.5, 0.6) is 5.75 Å². The first-order valence-corrected chi connectivity index (χ1v) is 9.85. The van der Waals surface area contributed by atoms with Gasteiger partial charge in [-0.3, -0.25) is 4.79 Å². The quantitative estimate of drug-likeness (QED) is 0.766. The zero-order valence-corrected chi connectivity index (χ0v) is 17.0. The number of halogens is 1. The molecule has 5 heteroatoms. The fourth-order valence-electron chi connectivity index (χ4n) is 3.31. The molecule has 0 aromatic heterocycles. The second-order valence-electron chi connectivity index (χ2n) is 7.37. The summed E-state index contributed by atoms with van der Waals surface area (Å²) < 4.78 is 5.66. The van der Waals surface area contributed by atoms with Crippen LogP contribution in [-0.2, 0) is 4.79 Å². The Morgan fingerprint density at radius 2 is 1.96 bits per heavy atom. The minimum absolute atomic E-state index is 0.0341. The van der Waals surface area contributed by atoms with Crippen LogP contribution in [0.1, 0.15) is 30.9 Å². The summed E-state index contributed by atoms with van der Waals surface area (Å²) in [5.74, 6) is 1.31. The molecule has 0 spiro atoms. The maximum absolute atomic E-state index is 12.2. The molecule has 4 nitrogen and oxygen atoms in total. The highest BCUT2D eigenvalue weighted by Gasteiger charge is 2.18. The average molecular weight is 387 g/mol. The van der Waals surface area contributed by atoms with Crippen LogP contribution in [0.4, 0.5) is 11.4 Å². The highest BCUT2D eigenvalue weighted by atomic mass is 35.5. The summed E-state index contributed by atoms with van der Waals surface area (Å²) in [6.07, 6.45) is 2.37. The van der Waals surface area contributed by atoms with E-state index in [9.17, 15) is 4.79 Å². The zero-order chi connectivity index (χ0) is 19.4. The van der Waals surface area contributed by atoms with Gasteiger partial charge in [0.2, 0.25) is 0 Å². The van der Waals surface area contributed by atoms with Gasteiger partial charge < -0.3 is 15.0 Å². The normalized spacial score (nSPS) is 14.9. The van der Waals surface area contributed by atoms with E-state index in [4.69, 9.17) is 16.3 Å². The van der Waals surface area contributed by atoms with Gasteiger partial charge in [0.25, 0.3) is 5.91 Å². The summed E-state index contributed by atoms with van der Waals surface area (Å²) >= 11 is 6.47. The predicted octanol–water partition coefficient (Wildman–Crippen LogP) is 5.21. The molecular formula is C22H27ClN2O2. The number of hydrogen-bond donors (Lipinski definition) is 1. The lowest BCUT2D eigenvalue weighted by atomic mass is 9.99. The lowest BCUT2D eigenvalue weighted by molar-refractivity contribution is -0.118. The minimum Gasteiger partial charge on any atom is -0.483 e. The van der Waals surface area contributed by atoms with Gasteiger partial charge >= 0.3 is 0 Å². The summed E-state index contributed by atoms with van der Waals surface area (Å²) in [7, 11) is 0. The van der Waals surface area contributed by atoms with E-state index in [0.29, 0.717) is 10.7 Å². The summed E-state index contributed by atoms with van der Waals surface area (Å²) in [4.78, 5) is 14.5. The Morgan fingerprint density at radius 1 is 1.22 bits per heavy atom. The third kappa shape index (κ3) is 4.95. The largest absolute Gasteiger partial charge is 0.483 e. The number of nitrogens with zero attached hydrogens (tertiary/aromatic N) is 1. The molecule has 1 amide bonds. The SMILES string of the molecule is Cc1cccc(OCC(=O)Nc2ccc(N3CCC(C)CC3)c(Cl)c2)c1C. The third-order valence-corrected chi connectivity index (χ3v) is 5.57. The number of nitrogens with one attached hydrogen (secondary N) is 1. The number of piperidine rings is 1. The van der Waals surface area contributed by atoms with E-state index in [0.717, 1.165) is 41.6 Å². The summed E-state index contributed by atoms with van der Waals surface area (Å²) in [6.45, 7) is 8.31. The lowest BCUT2D eigenvalue weighted by Gasteiger charge is -2.32. The Kier molecular flexibility index (Phi) is 6.27. The molecule has 3 rings (SSSR count). The van der Waals surface area contributed by atoms with E-state index in [1.807, 2.05) is 50.2 Å². The van der Waals surface area contributed by atoms with E-state index in [1.165, 1.54) is 12.8 Å². The van der Waals surface area contributed by atoms with Crippen LogP contribution in [0.2, 0.25) is 5.02 Å². The summed E-state index contributed by atoms with van der Waals surface area (Å²) in [5.41, 5.74) is 3.91. The number of carbonyl (C=O) groups is 1. The first-order valence-electron chi connectivity index (χ1n) is 9.47. The van der Waals surface area contributed by atoms with Gasteiger partial charge in [-0.1, -0.05) is 30.7 Å². The van der Waals surface area contributed by atoms with Crippen LogP contribution in [0, 0.1) is 19.8 Å². The number of benzene rings is 2. The molecule has 1 aliphatic heterocycles. The van der Waals surface area contributed by atoms with Crippen molar-refractivity contribution in [1.82, 2.24) is 0 Å². The Morgan fingerprint density at radius 3 is 2.67 bits per heavy atom. The van der Waals surface area contributed by atoms with Gasteiger partial charge in [-0.2, -0.15) is 0 Å². The van der Waals surface area contributed by atoms with Crippen LogP contribution in [0.25, 0.3) is 0 Å². The number of anilines is 2. The number of hydrogen-bond acceptors (Lipinski definition) is 3. The van der Waals surface area contributed by atoms with Gasteiger partial charge in [0.1, 0.15) is 5.75 Å². The highest BCUT2D eigenvalue weighted by molar-refractivity contribution is 6.33. The van der Waals surface area contributed by atoms with Crippen LogP contribution in [-0.4, -0.2) is 25.6 Å². The fourth-order valence-corrected chi connectivity index (χ4v) is 3.61. The second kappa shape index (κ2) is 8.66. The summed E-state index contributed by atoms with van der Waals surface area (Å²) in [6, 6.07) is 11.5. The molecule has 1 saturated heterocycles. The fraction of sp³-hybridized carbons (Fsp3) is 0.409. The number of rotatable bonds is 5. The van der Waals surface area contributed by atoms with Crippen molar-refractivity contribution in [3.63, 3.8) is 0 Å². The Bertz CT molecular complexity index is 814. The standard InChI is InChI=1S/C22H27ClN2O2/c1-15-9-11-25(12-10-15)20-8-7-18(13-19(20)23)24-22(26)14-27-21-6-4-5-16(2)17(21)3/h4-8,13,15H,9-12,14H2,1-3H3,(H,24,26). The predicted molar refractivity (Wildman–Crippen MR) is 112 cm³/mol. The van der Waals surface area contributed by atoms with E-state index in [1.54, 1.807) is 0 Å². The van der Waals surface area contributed by atoms with Crippen molar-refractivity contribution in [3.05, 3.63) is 52.5 Å². The van der Waals surface area contributed by atoms with Gasteiger partial charge in [-0.15, -0.1) is 0 Å². The molecule has 1 N–H and O–H groups in total. The van der Waals surface area contributed by atoms with Crippen LogP contribution in [0.3, 0.4) is 0 Å². The average Bonchev–Trinajstić information content (AvgIpc) is 2.64. The summed E-state index contributed by atoms with van der Waals surface area (Å²) in [5, 5.41) is 3.52. The maximum atomic E-state index is 12.2. The molecule has 1 heterocycles. The number of aryl methyl sites for hydroxylation is 1. The van der Waals surface area contributed by atoms with Crippen molar-refractivity contribution in [3.8, 4) is 5.75 Å². The topological polar surface area (TPSA) is 41.6 Å². The Hall–Kier alpha value is -2.20. The first kappa shape index (κ1) is 19.6. The molecule has 0 aliphatic carbocycles. The van der Waals surface area contributed by atoms with Crippen molar-refractivity contribution < 1.29 is 9.53 Å². The second-order valence-corrected chi connectivity index (χ2v) is 7.78. The van der Waals surface area contributed by atoms with Gasteiger partial charge in [-0.05, 0) is 68.0 Å². The molecule has 0 bridgehead atoms. The molecule has 1 fully saturated rings. The van der Waals surface area contributed by atoms with Crippen LogP contribution >= 0.6 is 11.6 Å².